The molecule has 0 saturated heterocycles. The molecule has 219 valence electrons. The van der Waals surface area contributed by atoms with Gasteiger partial charge in [-0.2, -0.15) is 0 Å². The van der Waals surface area contributed by atoms with E-state index in [1.54, 1.807) is 0 Å². The van der Waals surface area contributed by atoms with Crippen LogP contribution in [0.3, 0.4) is 0 Å². The van der Waals surface area contributed by atoms with Crippen LogP contribution in [-0.4, -0.2) is 60.2 Å². The van der Waals surface area contributed by atoms with Crippen LogP contribution in [0, 0.1) is 0 Å². The summed E-state index contributed by atoms with van der Waals surface area (Å²) in [7, 11) is -3.63. The number of aliphatic hydroxyl groups is 4. The maximum Gasteiger partial charge on any atom is 0.0949 e. The zero-order valence-electron chi connectivity index (χ0n) is 25.7. The van der Waals surface area contributed by atoms with E-state index < -0.39 is 16.1 Å². The zero-order valence-corrected chi connectivity index (χ0v) is 28.6. The van der Waals surface area contributed by atoms with Crippen molar-refractivity contribution < 1.29 is 37.5 Å². The van der Waals surface area contributed by atoms with Crippen molar-refractivity contribution in [3.8, 4) is 0 Å². The summed E-state index contributed by atoms with van der Waals surface area (Å²) in [6.45, 7) is 30.9. The molecule has 0 aromatic heterocycles. The third-order valence-electron chi connectivity index (χ3n) is 9.09. The van der Waals surface area contributed by atoms with Crippen LogP contribution in [0.1, 0.15) is 123 Å². The van der Waals surface area contributed by atoms with Gasteiger partial charge in [-0.15, -0.1) is 0 Å². The molecule has 0 fully saturated rings. The first-order valence-electron chi connectivity index (χ1n) is 14.1. The van der Waals surface area contributed by atoms with Crippen molar-refractivity contribution in [2.45, 2.75) is 180 Å². The number of aliphatic hydroxyl groups excluding tert-OH is 4. The first kappa shape index (κ1) is 40.3. The van der Waals surface area contributed by atoms with E-state index in [0.717, 1.165) is 12.8 Å². The summed E-state index contributed by atoms with van der Waals surface area (Å²) in [4.78, 5) is 0. The molecule has 0 amide bonds. The fourth-order valence-electron chi connectivity index (χ4n) is 7.57. The second-order valence-corrected chi connectivity index (χ2v) is 24.8. The molecule has 0 heterocycles. The standard InChI is InChI=1S/2C14H32O2Si.Cu/c2*1-8-13(15)9-14(16)17(10(2)3,11(4)5)12(6)7;/h2*10-16H,8-9H2,1-7H3;. The molecule has 0 aliphatic heterocycles. The molecule has 4 N–H and O–H groups in total. The second kappa shape index (κ2) is 18.1. The molecule has 0 spiro atoms. The van der Waals surface area contributed by atoms with Crippen molar-refractivity contribution in [2.75, 3.05) is 0 Å². The van der Waals surface area contributed by atoms with Gasteiger partial charge in [-0.1, -0.05) is 96.9 Å². The first-order chi connectivity index (χ1) is 15.4. The van der Waals surface area contributed by atoms with Crippen molar-refractivity contribution in [1.29, 1.82) is 0 Å². The third-order valence-corrected chi connectivity index (χ3v) is 23.9. The fraction of sp³-hybridized carbons (Fsp3) is 1.00. The topological polar surface area (TPSA) is 80.9 Å². The van der Waals surface area contributed by atoms with Gasteiger partial charge in [-0.3, -0.25) is 0 Å². The van der Waals surface area contributed by atoms with Crippen LogP contribution in [0.2, 0.25) is 33.2 Å². The van der Waals surface area contributed by atoms with Gasteiger partial charge < -0.3 is 20.4 Å². The van der Waals surface area contributed by atoms with Crippen molar-refractivity contribution in [3.05, 3.63) is 0 Å². The van der Waals surface area contributed by atoms with Gasteiger partial charge in [0.15, 0.2) is 0 Å². The van der Waals surface area contributed by atoms with E-state index in [2.05, 4.69) is 83.1 Å². The Morgan fingerprint density at radius 1 is 0.429 bits per heavy atom. The summed E-state index contributed by atoms with van der Waals surface area (Å²) in [5.41, 5.74) is 2.67. The van der Waals surface area contributed by atoms with Gasteiger partial charge in [0.2, 0.25) is 0 Å². The Kier molecular flexibility index (Phi) is 20.9. The summed E-state index contributed by atoms with van der Waals surface area (Å²) >= 11 is 0. The Labute approximate surface area is 232 Å². The van der Waals surface area contributed by atoms with Gasteiger partial charge in [0.1, 0.15) is 0 Å². The van der Waals surface area contributed by atoms with Crippen LogP contribution in [0.4, 0.5) is 0 Å². The second-order valence-electron chi connectivity index (χ2n) is 12.6. The van der Waals surface area contributed by atoms with Gasteiger partial charge in [0, 0.05) is 28.5 Å². The van der Waals surface area contributed by atoms with Crippen molar-refractivity contribution in [3.63, 3.8) is 0 Å². The largest absolute Gasteiger partial charge is 0.396 e. The van der Waals surface area contributed by atoms with Gasteiger partial charge in [0.05, 0.1) is 28.4 Å². The summed E-state index contributed by atoms with van der Waals surface area (Å²) in [5, 5.41) is 40.9. The zero-order chi connectivity index (χ0) is 27.6. The van der Waals surface area contributed by atoms with Crippen LogP contribution in [0.15, 0.2) is 0 Å². The molecule has 4 nitrogen and oxygen atoms in total. The first-order valence-corrected chi connectivity index (χ1v) is 18.8. The Balaban J connectivity index is -0.000000569. The van der Waals surface area contributed by atoms with E-state index in [-0.39, 0.29) is 40.7 Å². The van der Waals surface area contributed by atoms with Gasteiger partial charge in [0.25, 0.3) is 0 Å². The molecule has 0 aliphatic carbocycles. The van der Waals surface area contributed by atoms with Gasteiger partial charge >= 0.3 is 0 Å². The Hall–Kier alpha value is 0.793. The molecule has 4 atom stereocenters. The molecular weight excluding hydrogens is 520 g/mol. The molecule has 0 aromatic rings. The molecule has 0 bridgehead atoms. The molecule has 0 aliphatic rings. The quantitative estimate of drug-likeness (QED) is 0.160. The summed E-state index contributed by atoms with van der Waals surface area (Å²) in [5.74, 6) is 0. The Bertz CT molecular complexity index is 438. The van der Waals surface area contributed by atoms with E-state index in [9.17, 15) is 20.4 Å². The molecule has 35 heavy (non-hydrogen) atoms. The van der Waals surface area contributed by atoms with Crippen LogP contribution >= 0.6 is 0 Å². The smallest absolute Gasteiger partial charge is 0.0949 e. The van der Waals surface area contributed by atoms with E-state index >= 15 is 0 Å². The SMILES string of the molecule is CCC(O)CC(O)[Si](C(C)C)(C(C)C)C(C)C.CCC(O)CC(O)[Si](C(C)C)(C(C)C)C(C)C.[Cu]. The minimum Gasteiger partial charge on any atom is -0.396 e. The molecule has 0 rings (SSSR count). The van der Waals surface area contributed by atoms with Crippen LogP contribution in [0.5, 0.6) is 0 Å². The number of rotatable bonds is 14. The van der Waals surface area contributed by atoms with E-state index in [4.69, 9.17) is 0 Å². The summed E-state index contributed by atoms with van der Waals surface area (Å²) < 4.78 is 0. The van der Waals surface area contributed by atoms with E-state index in [1.165, 1.54) is 0 Å². The molecule has 7 heteroatoms. The van der Waals surface area contributed by atoms with Crippen molar-refractivity contribution in [1.82, 2.24) is 0 Å². The number of hydrogen-bond donors (Lipinski definition) is 4. The predicted octanol–water partition coefficient (Wildman–Crippen LogP) is 7.45. The molecule has 1 radical (unpaired) electrons. The number of hydrogen-bond acceptors (Lipinski definition) is 4. The molecule has 0 aromatic carbocycles. The maximum atomic E-state index is 10.7. The van der Waals surface area contributed by atoms with Crippen molar-refractivity contribution in [2.24, 2.45) is 0 Å². The minimum atomic E-state index is -1.81. The van der Waals surface area contributed by atoms with Gasteiger partial charge in [-0.05, 0) is 58.9 Å². The van der Waals surface area contributed by atoms with Crippen LogP contribution < -0.4 is 0 Å². The maximum absolute atomic E-state index is 10.7. The summed E-state index contributed by atoms with van der Waals surface area (Å²) in [6, 6.07) is 0. The molecule has 0 saturated carbocycles. The minimum absolute atomic E-state index is 0. The average Bonchev–Trinajstić information content (AvgIpc) is 2.67. The summed E-state index contributed by atoms with van der Waals surface area (Å²) in [6.07, 6.45) is 1.86. The predicted molar refractivity (Wildman–Crippen MR) is 156 cm³/mol. The van der Waals surface area contributed by atoms with E-state index in [1.807, 2.05) is 13.8 Å². The molecule has 4 unspecified atom stereocenters. The van der Waals surface area contributed by atoms with Crippen LogP contribution in [0.25, 0.3) is 0 Å². The van der Waals surface area contributed by atoms with Crippen molar-refractivity contribution >= 4 is 16.1 Å². The van der Waals surface area contributed by atoms with Crippen LogP contribution in [-0.2, 0) is 17.1 Å². The normalized spacial score (nSPS) is 16.5. The fourth-order valence-corrected chi connectivity index (χ4v) is 21.5. The molecular formula is C28H64CuO4Si2. The Morgan fingerprint density at radius 2 is 0.600 bits per heavy atom. The van der Waals surface area contributed by atoms with Gasteiger partial charge in [-0.25, -0.2) is 0 Å². The Morgan fingerprint density at radius 3 is 0.714 bits per heavy atom. The van der Waals surface area contributed by atoms with E-state index in [0.29, 0.717) is 46.1 Å². The third kappa shape index (κ3) is 10.1. The average molecular weight is 585 g/mol. The monoisotopic (exact) mass is 583 g/mol.